The van der Waals surface area contributed by atoms with E-state index in [2.05, 4.69) is 24.5 Å². The molecule has 0 amide bonds. The zero-order valence-corrected chi connectivity index (χ0v) is 18.1. The number of hydrogen-bond donors (Lipinski definition) is 2. The highest BCUT2D eigenvalue weighted by Crippen LogP contribution is 2.37. The maximum atomic E-state index is 5.98. The molecule has 1 fully saturated rings. The standard InChI is InChI=1S/C18H27N3O2S.HI/c1-3-19-17(21-13-18(2)9-6-10-24-18)20-11-14-12-22-15-7-4-5-8-16(15)23-14;/h4-5,7-8,14H,3,6,9-13H2,1-2H3,(H2,19,20,21);1H. The molecule has 2 atom stereocenters. The van der Waals surface area contributed by atoms with E-state index in [-0.39, 0.29) is 34.8 Å². The van der Waals surface area contributed by atoms with Crippen molar-refractivity contribution in [3.8, 4) is 11.5 Å². The van der Waals surface area contributed by atoms with Crippen molar-refractivity contribution in [2.75, 3.05) is 32.0 Å². The van der Waals surface area contributed by atoms with Crippen LogP contribution in [-0.2, 0) is 0 Å². The minimum Gasteiger partial charge on any atom is -0.486 e. The first-order chi connectivity index (χ1) is 11.7. The zero-order chi connectivity index (χ0) is 16.8. The Morgan fingerprint density at radius 3 is 2.84 bits per heavy atom. The molecule has 0 aromatic heterocycles. The van der Waals surface area contributed by atoms with Gasteiger partial charge < -0.3 is 20.1 Å². The molecule has 5 nitrogen and oxygen atoms in total. The fourth-order valence-corrected chi connectivity index (χ4v) is 4.15. The van der Waals surface area contributed by atoms with Crippen LogP contribution >= 0.6 is 35.7 Å². The lowest BCUT2D eigenvalue weighted by Gasteiger charge is -2.27. The molecule has 2 aliphatic heterocycles. The molecule has 7 heteroatoms. The summed E-state index contributed by atoms with van der Waals surface area (Å²) in [6.07, 6.45) is 2.53. The lowest BCUT2D eigenvalue weighted by Crippen LogP contribution is -2.45. The van der Waals surface area contributed by atoms with Crippen LogP contribution in [0, 0.1) is 0 Å². The van der Waals surface area contributed by atoms with Gasteiger partial charge in [0.2, 0.25) is 0 Å². The lowest BCUT2D eigenvalue weighted by atomic mass is 10.1. The van der Waals surface area contributed by atoms with Crippen molar-refractivity contribution in [2.45, 2.75) is 37.5 Å². The number of fused-ring (bicyclic) bond motifs is 1. The fraction of sp³-hybridized carbons (Fsp3) is 0.611. The summed E-state index contributed by atoms with van der Waals surface area (Å²) >= 11 is 2.04. The third-order valence-corrected chi connectivity index (χ3v) is 5.80. The summed E-state index contributed by atoms with van der Waals surface area (Å²) in [5.41, 5.74) is 0. The Hall–Kier alpha value is -0.830. The van der Waals surface area contributed by atoms with Crippen LogP contribution in [0.4, 0.5) is 0 Å². The van der Waals surface area contributed by atoms with Gasteiger partial charge in [-0.05, 0) is 44.6 Å². The highest BCUT2D eigenvalue weighted by atomic mass is 127. The third-order valence-electron chi connectivity index (χ3n) is 4.28. The molecular formula is C18H28IN3O2S. The first-order valence-corrected chi connectivity index (χ1v) is 9.72. The van der Waals surface area contributed by atoms with Crippen molar-refractivity contribution in [3.05, 3.63) is 24.3 Å². The van der Waals surface area contributed by atoms with E-state index in [1.54, 1.807) is 0 Å². The molecule has 25 heavy (non-hydrogen) atoms. The van der Waals surface area contributed by atoms with E-state index < -0.39 is 0 Å². The molecule has 0 spiro atoms. The Morgan fingerprint density at radius 1 is 1.32 bits per heavy atom. The summed E-state index contributed by atoms with van der Waals surface area (Å²) in [6.45, 7) is 7.31. The summed E-state index contributed by atoms with van der Waals surface area (Å²) in [4.78, 5) is 4.77. The second kappa shape index (κ2) is 9.75. The van der Waals surface area contributed by atoms with E-state index in [4.69, 9.17) is 14.5 Å². The molecule has 2 unspecified atom stereocenters. The molecule has 0 aliphatic carbocycles. The first kappa shape index (κ1) is 20.5. The summed E-state index contributed by atoms with van der Waals surface area (Å²) in [6, 6.07) is 7.80. The number of aliphatic imine (C=N–C) groups is 1. The van der Waals surface area contributed by atoms with E-state index in [1.165, 1.54) is 18.6 Å². The van der Waals surface area contributed by atoms with Crippen molar-refractivity contribution < 1.29 is 9.47 Å². The Labute approximate surface area is 171 Å². The molecule has 0 radical (unpaired) electrons. The van der Waals surface area contributed by atoms with Crippen molar-refractivity contribution in [3.63, 3.8) is 0 Å². The molecule has 1 aromatic carbocycles. The van der Waals surface area contributed by atoms with Crippen LogP contribution in [0.1, 0.15) is 26.7 Å². The summed E-state index contributed by atoms with van der Waals surface area (Å²) < 4.78 is 12.0. The molecule has 0 bridgehead atoms. The predicted molar refractivity (Wildman–Crippen MR) is 116 cm³/mol. The second-order valence-electron chi connectivity index (χ2n) is 6.48. The number of hydrogen-bond acceptors (Lipinski definition) is 4. The Morgan fingerprint density at radius 2 is 2.12 bits per heavy atom. The average Bonchev–Trinajstić information content (AvgIpc) is 3.04. The topological polar surface area (TPSA) is 54.9 Å². The van der Waals surface area contributed by atoms with Crippen LogP contribution in [0.5, 0.6) is 11.5 Å². The number of ether oxygens (including phenoxy) is 2. The van der Waals surface area contributed by atoms with Crippen LogP contribution in [0.2, 0.25) is 0 Å². The monoisotopic (exact) mass is 477 g/mol. The molecule has 140 valence electrons. The Kier molecular flexibility index (Phi) is 7.99. The largest absolute Gasteiger partial charge is 0.486 e. The summed E-state index contributed by atoms with van der Waals surface area (Å²) in [5.74, 6) is 3.74. The number of thioether (sulfide) groups is 1. The van der Waals surface area contributed by atoms with Crippen LogP contribution < -0.4 is 20.1 Å². The minimum atomic E-state index is -0.0137. The van der Waals surface area contributed by atoms with Crippen LogP contribution in [0.3, 0.4) is 0 Å². The molecule has 2 aliphatic rings. The zero-order valence-electron chi connectivity index (χ0n) is 14.9. The van der Waals surface area contributed by atoms with Gasteiger partial charge in [-0.1, -0.05) is 12.1 Å². The van der Waals surface area contributed by atoms with Gasteiger partial charge in [-0.2, -0.15) is 11.8 Å². The number of guanidine groups is 1. The van der Waals surface area contributed by atoms with Crippen LogP contribution in [-0.4, -0.2) is 48.8 Å². The Bertz CT molecular complexity index is 579. The molecule has 2 N–H and O–H groups in total. The van der Waals surface area contributed by atoms with Gasteiger partial charge >= 0.3 is 0 Å². The van der Waals surface area contributed by atoms with Gasteiger partial charge in [-0.3, -0.25) is 4.99 Å². The van der Waals surface area contributed by atoms with Crippen molar-refractivity contribution in [1.29, 1.82) is 0 Å². The lowest BCUT2D eigenvalue weighted by molar-refractivity contribution is 0.0936. The van der Waals surface area contributed by atoms with Crippen molar-refractivity contribution in [2.24, 2.45) is 4.99 Å². The number of para-hydroxylation sites is 2. The SMILES string of the molecule is CCNC(=NCC1(C)CCCS1)NCC1COc2ccccc2O1.I. The van der Waals surface area contributed by atoms with Gasteiger partial charge in [0.25, 0.3) is 0 Å². The molecule has 2 heterocycles. The number of benzene rings is 1. The number of rotatable bonds is 5. The van der Waals surface area contributed by atoms with E-state index >= 15 is 0 Å². The second-order valence-corrected chi connectivity index (χ2v) is 8.16. The Balaban J connectivity index is 0.00000225. The number of halogens is 1. The average molecular weight is 477 g/mol. The van der Waals surface area contributed by atoms with Gasteiger partial charge in [-0.15, -0.1) is 24.0 Å². The quantitative estimate of drug-likeness (QED) is 0.388. The van der Waals surface area contributed by atoms with Gasteiger partial charge in [0.15, 0.2) is 17.5 Å². The van der Waals surface area contributed by atoms with Crippen molar-refractivity contribution in [1.82, 2.24) is 10.6 Å². The van der Waals surface area contributed by atoms with Gasteiger partial charge in [-0.25, -0.2) is 0 Å². The van der Waals surface area contributed by atoms with E-state index in [0.29, 0.717) is 13.2 Å². The van der Waals surface area contributed by atoms with E-state index in [9.17, 15) is 0 Å². The van der Waals surface area contributed by atoms with Gasteiger partial charge in [0, 0.05) is 11.3 Å². The highest BCUT2D eigenvalue weighted by Gasteiger charge is 2.29. The van der Waals surface area contributed by atoms with Gasteiger partial charge in [0.1, 0.15) is 12.7 Å². The third kappa shape index (κ3) is 5.84. The predicted octanol–water partition coefficient (Wildman–Crippen LogP) is 3.29. The van der Waals surface area contributed by atoms with Crippen LogP contribution in [0.15, 0.2) is 29.3 Å². The summed E-state index contributed by atoms with van der Waals surface area (Å²) in [5, 5.41) is 6.70. The summed E-state index contributed by atoms with van der Waals surface area (Å²) in [7, 11) is 0. The van der Waals surface area contributed by atoms with Crippen LogP contribution in [0.25, 0.3) is 0 Å². The number of nitrogens with one attached hydrogen (secondary N) is 2. The number of nitrogens with zero attached hydrogens (tertiary/aromatic N) is 1. The molecule has 1 aromatic rings. The van der Waals surface area contributed by atoms with E-state index in [0.717, 1.165) is 30.5 Å². The smallest absolute Gasteiger partial charge is 0.191 e. The molecule has 0 saturated carbocycles. The maximum absolute atomic E-state index is 5.98. The maximum Gasteiger partial charge on any atom is 0.191 e. The fourth-order valence-electron chi connectivity index (χ4n) is 2.92. The van der Waals surface area contributed by atoms with E-state index in [1.807, 2.05) is 36.0 Å². The molecular weight excluding hydrogens is 449 g/mol. The van der Waals surface area contributed by atoms with Gasteiger partial charge in [0.05, 0.1) is 13.1 Å². The molecule has 3 rings (SSSR count). The molecule has 1 saturated heterocycles. The van der Waals surface area contributed by atoms with Crippen molar-refractivity contribution >= 4 is 41.7 Å². The highest BCUT2D eigenvalue weighted by molar-refractivity contribution is 14.0. The first-order valence-electron chi connectivity index (χ1n) is 8.73. The minimum absolute atomic E-state index is 0. The normalized spacial score (nSPS) is 25.2.